The molecule has 9 nitrogen and oxygen atoms in total. The molecule has 1 aromatic carbocycles. The summed E-state index contributed by atoms with van der Waals surface area (Å²) in [6.07, 6.45) is -0.0187. The number of carbonyl (C=O) groups is 2. The van der Waals surface area contributed by atoms with Gasteiger partial charge in [0.2, 0.25) is 5.71 Å². The number of benzene rings is 1. The summed E-state index contributed by atoms with van der Waals surface area (Å²) in [6, 6.07) is 3.65. The van der Waals surface area contributed by atoms with Gasteiger partial charge in [0.05, 0.1) is 5.02 Å². The van der Waals surface area contributed by atoms with E-state index in [1.165, 1.54) is 43.9 Å². The maximum atomic E-state index is 12.6. The smallest absolute Gasteiger partial charge is 0.387 e. The molecule has 0 saturated carbocycles. The predicted octanol–water partition coefficient (Wildman–Crippen LogP) is 3.27. The molecule has 0 aliphatic carbocycles. The first-order valence-corrected chi connectivity index (χ1v) is 9.17. The number of rotatable bonds is 6. The minimum Gasteiger partial charge on any atom is -0.449 e. The standard InChI is InChI=1S/C19H16ClF2N3O6/c1-8-13(14-16(29-8)23-7-25(3)17(14)27)18(28)30-9(2)15(26)24-10-4-5-12(11(20)6-10)31-19(21)22/h4-7,9,19H,1-3H3,(H,24,26)/t9-/m1/s1. The number of anilines is 1. The van der Waals surface area contributed by atoms with Gasteiger partial charge in [-0.15, -0.1) is 0 Å². The van der Waals surface area contributed by atoms with Gasteiger partial charge in [-0.25, -0.2) is 9.78 Å². The summed E-state index contributed by atoms with van der Waals surface area (Å²) in [5, 5.41) is 2.24. The molecule has 12 heteroatoms. The molecule has 0 radical (unpaired) electrons. The van der Waals surface area contributed by atoms with E-state index in [1.54, 1.807) is 0 Å². The Morgan fingerprint density at radius 2 is 2.03 bits per heavy atom. The van der Waals surface area contributed by atoms with E-state index in [4.69, 9.17) is 20.8 Å². The zero-order valence-electron chi connectivity index (χ0n) is 16.4. The molecule has 0 aliphatic rings. The molecule has 0 unspecified atom stereocenters. The van der Waals surface area contributed by atoms with Crippen LogP contribution in [0.4, 0.5) is 14.5 Å². The van der Waals surface area contributed by atoms with Crippen molar-refractivity contribution >= 4 is 40.3 Å². The Morgan fingerprint density at radius 1 is 1.32 bits per heavy atom. The van der Waals surface area contributed by atoms with Gasteiger partial charge in [0.15, 0.2) is 6.10 Å². The van der Waals surface area contributed by atoms with Gasteiger partial charge < -0.3 is 23.8 Å². The quantitative estimate of drug-likeness (QED) is 0.567. The van der Waals surface area contributed by atoms with Gasteiger partial charge >= 0.3 is 12.6 Å². The molecule has 3 aromatic rings. The Kier molecular flexibility index (Phi) is 6.25. The first-order chi connectivity index (χ1) is 14.6. The van der Waals surface area contributed by atoms with Crippen molar-refractivity contribution in [3.05, 3.63) is 51.2 Å². The van der Waals surface area contributed by atoms with Crippen molar-refractivity contribution in [2.75, 3.05) is 5.32 Å². The fourth-order valence-corrected chi connectivity index (χ4v) is 2.95. The number of hydrogen-bond donors (Lipinski definition) is 1. The summed E-state index contributed by atoms with van der Waals surface area (Å²) < 4.78 is 40.5. The van der Waals surface area contributed by atoms with Crippen LogP contribution in [0.15, 0.2) is 33.7 Å². The molecule has 3 rings (SSSR count). The van der Waals surface area contributed by atoms with E-state index in [0.29, 0.717) is 0 Å². The van der Waals surface area contributed by atoms with Gasteiger partial charge in [0.25, 0.3) is 11.5 Å². The highest BCUT2D eigenvalue weighted by atomic mass is 35.5. The first kappa shape index (κ1) is 22.2. The molecule has 164 valence electrons. The van der Waals surface area contributed by atoms with E-state index in [1.807, 2.05) is 0 Å². The second-order valence-corrected chi connectivity index (χ2v) is 6.84. The highest BCUT2D eigenvalue weighted by Gasteiger charge is 2.27. The Morgan fingerprint density at radius 3 is 2.68 bits per heavy atom. The van der Waals surface area contributed by atoms with E-state index in [0.717, 1.165) is 6.07 Å². The lowest BCUT2D eigenvalue weighted by Gasteiger charge is -2.14. The van der Waals surface area contributed by atoms with E-state index in [2.05, 4.69) is 15.0 Å². The summed E-state index contributed by atoms with van der Waals surface area (Å²) in [4.78, 5) is 41.3. The molecule has 2 heterocycles. The molecule has 0 saturated heterocycles. The van der Waals surface area contributed by atoms with Crippen molar-refractivity contribution in [1.82, 2.24) is 9.55 Å². The predicted molar refractivity (Wildman–Crippen MR) is 106 cm³/mol. The SMILES string of the molecule is Cc1oc2ncn(C)c(=O)c2c1C(=O)O[C@H](C)C(=O)Nc1ccc(OC(F)F)c(Cl)c1. The fraction of sp³-hybridized carbons (Fsp3) is 0.263. The highest BCUT2D eigenvalue weighted by molar-refractivity contribution is 6.32. The molecule has 0 spiro atoms. The minimum absolute atomic E-state index is 0.0228. The zero-order valence-corrected chi connectivity index (χ0v) is 17.2. The Hall–Kier alpha value is -3.47. The van der Waals surface area contributed by atoms with Crippen molar-refractivity contribution in [3.63, 3.8) is 0 Å². The lowest BCUT2D eigenvalue weighted by molar-refractivity contribution is -0.123. The number of aryl methyl sites for hydroxylation is 2. The molecule has 2 aromatic heterocycles. The number of amides is 1. The van der Waals surface area contributed by atoms with Crippen molar-refractivity contribution in [2.45, 2.75) is 26.6 Å². The van der Waals surface area contributed by atoms with E-state index in [-0.39, 0.29) is 38.9 Å². The normalized spacial score (nSPS) is 12.1. The van der Waals surface area contributed by atoms with Crippen molar-refractivity contribution in [2.24, 2.45) is 7.05 Å². The summed E-state index contributed by atoms with van der Waals surface area (Å²) in [6.45, 7) is -0.267. The number of ether oxygens (including phenoxy) is 2. The number of hydrogen-bond acceptors (Lipinski definition) is 7. The zero-order chi connectivity index (χ0) is 22.9. The topological polar surface area (TPSA) is 113 Å². The summed E-state index contributed by atoms with van der Waals surface area (Å²) in [7, 11) is 1.46. The maximum absolute atomic E-state index is 12.6. The average Bonchev–Trinajstić information content (AvgIpc) is 3.03. The third-order valence-corrected chi connectivity index (χ3v) is 4.52. The second kappa shape index (κ2) is 8.72. The summed E-state index contributed by atoms with van der Waals surface area (Å²) in [5.74, 6) is -1.80. The van der Waals surface area contributed by atoms with Crippen molar-refractivity contribution in [3.8, 4) is 5.75 Å². The average molecular weight is 456 g/mol. The minimum atomic E-state index is -3.05. The molecule has 1 amide bonds. The monoisotopic (exact) mass is 455 g/mol. The second-order valence-electron chi connectivity index (χ2n) is 6.43. The molecular formula is C19H16ClF2N3O6. The van der Waals surface area contributed by atoms with Gasteiger partial charge in [-0.1, -0.05) is 11.6 Å². The molecule has 1 atom stereocenters. The molecule has 0 aliphatic heterocycles. The number of furan rings is 1. The third-order valence-electron chi connectivity index (χ3n) is 4.22. The molecule has 1 N–H and O–H groups in total. The van der Waals surface area contributed by atoms with E-state index in [9.17, 15) is 23.2 Å². The fourth-order valence-electron chi connectivity index (χ4n) is 2.72. The van der Waals surface area contributed by atoms with E-state index < -0.39 is 30.2 Å². The largest absolute Gasteiger partial charge is 0.449 e. The van der Waals surface area contributed by atoms with Crippen molar-refractivity contribution in [1.29, 1.82) is 0 Å². The summed E-state index contributed by atoms with van der Waals surface area (Å²) in [5.41, 5.74) is -0.487. The lowest BCUT2D eigenvalue weighted by atomic mass is 10.2. The number of halogens is 3. The molecule has 0 bridgehead atoms. The Bertz CT molecular complexity index is 1220. The Balaban J connectivity index is 1.75. The van der Waals surface area contributed by atoms with Crippen LogP contribution in [0.1, 0.15) is 23.0 Å². The van der Waals surface area contributed by atoms with Gasteiger partial charge in [-0.2, -0.15) is 8.78 Å². The number of fused-ring (bicyclic) bond motifs is 1. The lowest BCUT2D eigenvalue weighted by Crippen LogP contribution is -2.30. The number of aromatic nitrogens is 2. The van der Waals surface area contributed by atoms with Gasteiger partial charge in [0, 0.05) is 12.7 Å². The van der Waals surface area contributed by atoms with Crippen LogP contribution in [0.3, 0.4) is 0 Å². The molecule has 0 fully saturated rings. The molecular weight excluding hydrogens is 440 g/mol. The van der Waals surface area contributed by atoms with Crippen LogP contribution in [0, 0.1) is 6.92 Å². The van der Waals surface area contributed by atoms with Gasteiger partial charge in [0.1, 0.15) is 28.8 Å². The number of nitrogens with zero attached hydrogens (tertiary/aromatic N) is 2. The maximum Gasteiger partial charge on any atom is 0.387 e. The van der Waals surface area contributed by atoms with E-state index >= 15 is 0 Å². The van der Waals surface area contributed by atoms with Crippen molar-refractivity contribution < 1.29 is 32.3 Å². The molecule has 31 heavy (non-hydrogen) atoms. The number of carbonyl (C=O) groups excluding carboxylic acids is 2. The Labute approximate surface area is 178 Å². The van der Waals surface area contributed by atoms with Gasteiger partial charge in [-0.3, -0.25) is 9.59 Å². The number of esters is 1. The van der Waals surface area contributed by atoms with Crippen LogP contribution in [-0.4, -0.2) is 34.1 Å². The first-order valence-electron chi connectivity index (χ1n) is 8.79. The van der Waals surface area contributed by atoms with Crippen LogP contribution in [0.5, 0.6) is 5.75 Å². The van der Waals surface area contributed by atoms with Crippen LogP contribution in [0.2, 0.25) is 5.02 Å². The van der Waals surface area contributed by atoms with Crippen LogP contribution >= 0.6 is 11.6 Å². The number of nitrogens with one attached hydrogen (secondary N) is 1. The van der Waals surface area contributed by atoms with Crippen LogP contribution in [-0.2, 0) is 16.6 Å². The highest BCUT2D eigenvalue weighted by Crippen LogP contribution is 2.29. The number of alkyl halides is 2. The van der Waals surface area contributed by atoms with Crippen LogP contribution < -0.4 is 15.6 Å². The van der Waals surface area contributed by atoms with Crippen LogP contribution in [0.25, 0.3) is 11.1 Å². The third kappa shape index (κ3) is 4.66. The summed E-state index contributed by atoms with van der Waals surface area (Å²) >= 11 is 5.85. The van der Waals surface area contributed by atoms with Gasteiger partial charge in [-0.05, 0) is 32.0 Å².